The maximum atomic E-state index is 3.61. The molecule has 1 unspecified atom stereocenters. The minimum absolute atomic E-state index is 0.289. The number of hydrogen-bond acceptors (Lipinski definition) is 2. The second-order valence-electron chi connectivity index (χ2n) is 5.99. The lowest BCUT2D eigenvalue weighted by Crippen LogP contribution is -2.33. The molecule has 0 amide bonds. The largest absolute Gasteiger partial charge is 0.366 e. The Bertz CT molecular complexity index is 711. The van der Waals surface area contributed by atoms with Gasteiger partial charge in [0.05, 0.1) is 6.04 Å². The molecular formula is C22H24N2. The Morgan fingerprint density at radius 2 is 1.29 bits per heavy atom. The first-order valence-corrected chi connectivity index (χ1v) is 8.42. The number of nitrogens with one attached hydrogen (secondary N) is 1. The third-order valence-corrected chi connectivity index (χ3v) is 4.32. The summed E-state index contributed by atoms with van der Waals surface area (Å²) >= 11 is 0. The molecule has 122 valence electrons. The average Bonchev–Trinajstić information content (AvgIpc) is 2.67. The molecule has 0 saturated carbocycles. The summed E-state index contributed by atoms with van der Waals surface area (Å²) in [6, 6.07) is 32.1. The van der Waals surface area contributed by atoms with Gasteiger partial charge in [-0.05, 0) is 23.3 Å². The average molecular weight is 316 g/mol. The number of anilines is 1. The standard InChI is InChI=1S/C22H24N2/c1-24(21-15-9-4-10-16-21)22(20-13-7-3-8-14-20)18-23-17-19-11-5-2-6-12-19/h2-16,22-23H,17-18H2,1H3. The first kappa shape index (κ1) is 16.3. The molecule has 1 atom stereocenters. The number of hydrogen-bond donors (Lipinski definition) is 1. The molecule has 0 fully saturated rings. The van der Waals surface area contributed by atoms with Crippen molar-refractivity contribution in [3.8, 4) is 0 Å². The zero-order chi connectivity index (χ0) is 16.6. The quantitative estimate of drug-likeness (QED) is 0.682. The highest BCUT2D eigenvalue weighted by atomic mass is 15.2. The van der Waals surface area contributed by atoms with Gasteiger partial charge in [-0.15, -0.1) is 0 Å². The lowest BCUT2D eigenvalue weighted by molar-refractivity contribution is 0.574. The van der Waals surface area contributed by atoms with E-state index in [2.05, 4.69) is 108 Å². The molecule has 24 heavy (non-hydrogen) atoms. The van der Waals surface area contributed by atoms with Gasteiger partial charge in [0.15, 0.2) is 0 Å². The molecule has 2 heteroatoms. The van der Waals surface area contributed by atoms with Gasteiger partial charge in [0.25, 0.3) is 0 Å². The molecule has 2 nitrogen and oxygen atoms in total. The normalized spacial score (nSPS) is 11.9. The fraction of sp³-hybridized carbons (Fsp3) is 0.182. The molecule has 1 N–H and O–H groups in total. The molecular weight excluding hydrogens is 292 g/mol. The van der Waals surface area contributed by atoms with Crippen LogP contribution in [0.4, 0.5) is 5.69 Å². The van der Waals surface area contributed by atoms with Crippen LogP contribution < -0.4 is 10.2 Å². The van der Waals surface area contributed by atoms with Crippen LogP contribution in [0.5, 0.6) is 0 Å². The van der Waals surface area contributed by atoms with Gasteiger partial charge >= 0.3 is 0 Å². The molecule has 0 spiro atoms. The van der Waals surface area contributed by atoms with Crippen LogP contribution in [-0.4, -0.2) is 13.6 Å². The molecule has 0 aliphatic carbocycles. The van der Waals surface area contributed by atoms with E-state index in [1.807, 2.05) is 0 Å². The molecule has 0 saturated heterocycles. The molecule has 0 heterocycles. The number of nitrogens with zero attached hydrogens (tertiary/aromatic N) is 1. The molecule has 3 aromatic rings. The van der Waals surface area contributed by atoms with Gasteiger partial charge < -0.3 is 10.2 Å². The van der Waals surface area contributed by atoms with Gasteiger partial charge in [0, 0.05) is 25.8 Å². The molecule has 3 aromatic carbocycles. The van der Waals surface area contributed by atoms with E-state index in [4.69, 9.17) is 0 Å². The van der Waals surface area contributed by atoms with Crippen LogP contribution in [0.1, 0.15) is 17.2 Å². The summed E-state index contributed by atoms with van der Waals surface area (Å²) in [5.41, 5.74) is 3.86. The zero-order valence-corrected chi connectivity index (χ0v) is 14.1. The molecule has 0 bridgehead atoms. The van der Waals surface area contributed by atoms with Gasteiger partial charge in [-0.3, -0.25) is 0 Å². The van der Waals surface area contributed by atoms with E-state index in [9.17, 15) is 0 Å². The van der Waals surface area contributed by atoms with Gasteiger partial charge in [-0.2, -0.15) is 0 Å². The molecule has 0 aliphatic rings. The van der Waals surface area contributed by atoms with Crippen molar-refractivity contribution in [1.29, 1.82) is 0 Å². The Morgan fingerprint density at radius 3 is 1.92 bits per heavy atom. The maximum Gasteiger partial charge on any atom is 0.0663 e. The summed E-state index contributed by atoms with van der Waals surface area (Å²) in [6.07, 6.45) is 0. The first-order chi connectivity index (χ1) is 11.8. The van der Waals surface area contributed by atoms with Crippen molar-refractivity contribution >= 4 is 5.69 Å². The summed E-state index contributed by atoms with van der Waals surface area (Å²) in [7, 11) is 2.16. The number of benzene rings is 3. The molecule has 3 rings (SSSR count). The van der Waals surface area contributed by atoms with E-state index >= 15 is 0 Å². The Kier molecular flexibility index (Phi) is 5.65. The van der Waals surface area contributed by atoms with E-state index in [1.54, 1.807) is 0 Å². The predicted molar refractivity (Wildman–Crippen MR) is 102 cm³/mol. The first-order valence-electron chi connectivity index (χ1n) is 8.42. The van der Waals surface area contributed by atoms with Gasteiger partial charge in [0.2, 0.25) is 0 Å². The van der Waals surface area contributed by atoms with Gasteiger partial charge in [-0.1, -0.05) is 78.9 Å². The Hall–Kier alpha value is -2.58. The third kappa shape index (κ3) is 4.24. The van der Waals surface area contributed by atoms with Crippen LogP contribution in [0.15, 0.2) is 91.0 Å². The fourth-order valence-corrected chi connectivity index (χ4v) is 2.95. The van der Waals surface area contributed by atoms with Crippen LogP contribution in [0.2, 0.25) is 0 Å². The van der Waals surface area contributed by atoms with Crippen molar-refractivity contribution in [2.75, 3.05) is 18.5 Å². The van der Waals surface area contributed by atoms with Crippen molar-refractivity contribution in [1.82, 2.24) is 5.32 Å². The summed E-state index contributed by atoms with van der Waals surface area (Å²) in [5.74, 6) is 0. The number of para-hydroxylation sites is 1. The van der Waals surface area contributed by atoms with Crippen molar-refractivity contribution in [2.45, 2.75) is 12.6 Å². The molecule has 0 aliphatic heterocycles. The number of rotatable bonds is 7. The molecule has 0 aromatic heterocycles. The topological polar surface area (TPSA) is 15.3 Å². The Labute approximate surface area is 144 Å². The van der Waals surface area contributed by atoms with Crippen molar-refractivity contribution in [2.24, 2.45) is 0 Å². The second-order valence-corrected chi connectivity index (χ2v) is 5.99. The second kappa shape index (κ2) is 8.32. The monoisotopic (exact) mass is 316 g/mol. The summed E-state index contributed by atoms with van der Waals surface area (Å²) < 4.78 is 0. The lowest BCUT2D eigenvalue weighted by Gasteiger charge is -2.31. The predicted octanol–water partition coefficient (Wildman–Crippen LogP) is 4.65. The summed E-state index contributed by atoms with van der Waals surface area (Å²) in [4.78, 5) is 2.34. The van der Waals surface area contributed by atoms with Crippen LogP contribution in [-0.2, 0) is 6.54 Å². The minimum atomic E-state index is 0.289. The smallest absolute Gasteiger partial charge is 0.0663 e. The van der Waals surface area contributed by atoms with E-state index in [0.29, 0.717) is 0 Å². The fourth-order valence-electron chi connectivity index (χ4n) is 2.95. The third-order valence-electron chi connectivity index (χ3n) is 4.32. The minimum Gasteiger partial charge on any atom is -0.366 e. The lowest BCUT2D eigenvalue weighted by atomic mass is 10.0. The summed E-state index contributed by atoms with van der Waals surface area (Å²) in [6.45, 7) is 1.77. The highest BCUT2D eigenvalue weighted by Crippen LogP contribution is 2.25. The van der Waals surface area contributed by atoms with Crippen LogP contribution >= 0.6 is 0 Å². The van der Waals surface area contributed by atoms with Crippen LogP contribution in [0.3, 0.4) is 0 Å². The van der Waals surface area contributed by atoms with E-state index < -0.39 is 0 Å². The highest BCUT2D eigenvalue weighted by molar-refractivity contribution is 5.48. The van der Waals surface area contributed by atoms with Crippen LogP contribution in [0.25, 0.3) is 0 Å². The highest BCUT2D eigenvalue weighted by Gasteiger charge is 2.16. The summed E-state index contributed by atoms with van der Waals surface area (Å²) in [5, 5.41) is 3.61. The van der Waals surface area contributed by atoms with Crippen molar-refractivity contribution in [3.05, 3.63) is 102 Å². The van der Waals surface area contributed by atoms with Crippen molar-refractivity contribution in [3.63, 3.8) is 0 Å². The van der Waals surface area contributed by atoms with Crippen molar-refractivity contribution < 1.29 is 0 Å². The Balaban J connectivity index is 1.73. The maximum absolute atomic E-state index is 3.61. The number of likely N-dealkylation sites (N-methyl/N-ethyl adjacent to an activating group) is 1. The van der Waals surface area contributed by atoms with Crippen LogP contribution in [0, 0.1) is 0 Å². The zero-order valence-electron chi connectivity index (χ0n) is 14.1. The molecule has 0 radical (unpaired) electrons. The van der Waals surface area contributed by atoms with Gasteiger partial charge in [-0.25, -0.2) is 0 Å². The Morgan fingerprint density at radius 1 is 0.750 bits per heavy atom. The SMILES string of the molecule is CN(c1ccccc1)C(CNCc1ccccc1)c1ccccc1. The van der Waals surface area contributed by atoms with Gasteiger partial charge in [0.1, 0.15) is 0 Å². The van der Waals surface area contributed by atoms with E-state index in [1.165, 1.54) is 16.8 Å². The van der Waals surface area contributed by atoms with E-state index in [-0.39, 0.29) is 6.04 Å². The van der Waals surface area contributed by atoms with E-state index in [0.717, 1.165) is 13.1 Å².